The number of rotatable bonds is 6. The lowest BCUT2D eigenvalue weighted by atomic mass is 9.93. The maximum absolute atomic E-state index is 12.9. The average Bonchev–Trinajstić information content (AvgIpc) is 3.13. The standard InChI is InChI=1S/C24H21Cl2N3O4/c1-14-22-19(28-29-21(30)13-32-18-6-3-2-4-7-18)8-5-9-20(22)33-23(14)24(31)27-17-11-15(25)10-16(26)12-17/h2-4,6-7,10-12H,5,8-9,13H2,1H3,(H,27,31)(H,29,30)/b28-19+. The summed E-state index contributed by atoms with van der Waals surface area (Å²) in [5.41, 5.74) is 5.07. The van der Waals surface area contributed by atoms with E-state index in [1.54, 1.807) is 37.3 Å². The number of furan rings is 1. The second kappa shape index (κ2) is 10.1. The number of carbonyl (C=O) groups is 2. The van der Waals surface area contributed by atoms with Crippen LogP contribution in [0.15, 0.2) is 58.0 Å². The molecule has 4 rings (SSSR count). The summed E-state index contributed by atoms with van der Waals surface area (Å²) in [6.45, 7) is 1.64. The van der Waals surface area contributed by atoms with Crippen molar-refractivity contribution in [2.24, 2.45) is 5.10 Å². The van der Waals surface area contributed by atoms with Crippen LogP contribution in [0.5, 0.6) is 5.75 Å². The minimum atomic E-state index is -0.417. The SMILES string of the molecule is Cc1c(C(=O)Nc2cc(Cl)cc(Cl)c2)oc2c1/C(=N/NC(=O)COc1ccccc1)CCC2. The number of hydrogen-bond acceptors (Lipinski definition) is 5. The second-order valence-corrected chi connectivity index (χ2v) is 8.39. The first-order valence-corrected chi connectivity index (χ1v) is 11.1. The average molecular weight is 486 g/mol. The number of hydrazone groups is 1. The van der Waals surface area contributed by atoms with Crippen LogP contribution in [0.4, 0.5) is 5.69 Å². The molecule has 9 heteroatoms. The van der Waals surface area contributed by atoms with E-state index in [0.29, 0.717) is 51.4 Å². The van der Waals surface area contributed by atoms with Crippen LogP contribution >= 0.6 is 23.2 Å². The number of hydrogen-bond donors (Lipinski definition) is 2. The Labute approximate surface area is 200 Å². The Morgan fingerprint density at radius 2 is 1.82 bits per heavy atom. The molecule has 7 nitrogen and oxygen atoms in total. The van der Waals surface area contributed by atoms with Crippen LogP contribution in [-0.2, 0) is 11.2 Å². The number of anilines is 1. The number of amides is 2. The third kappa shape index (κ3) is 5.56. The van der Waals surface area contributed by atoms with Crippen LogP contribution in [-0.4, -0.2) is 24.1 Å². The minimum Gasteiger partial charge on any atom is -0.484 e. The Kier molecular flexibility index (Phi) is 7.01. The van der Waals surface area contributed by atoms with E-state index in [9.17, 15) is 9.59 Å². The molecule has 0 spiro atoms. The first-order valence-electron chi connectivity index (χ1n) is 10.3. The van der Waals surface area contributed by atoms with E-state index in [1.807, 2.05) is 18.2 Å². The fourth-order valence-electron chi connectivity index (χ4n) is 3.64. The van der Waals surface area contributed by atoms with Gasteiger partial charge in [0.2, 0.25) is 0 Å². The zero-order valence-electron chi connectivity index (χ0n) is 17.8. The van der Waals surface area contributed by atoms with E-state index in [0.717, 1.165) is 12.0 Å². The summed E-state index contributed by atoms with van der Waals surface area (Å²) >= 11 is 12.0. The topological polar surface area (TPSA) is 92.9 Å². The van der Waals surface area contributed by atoms with Crippen molar-refractivity contribution in [1.82, 2.24) is 5.43 Å². The van der Waals surface area contributed by atoms with Crippen LogP contribution in [0.2, 0.25) is 10.0 Å². The summed E-state index contributed by atoms with van der Waals surface area (Å²) in [7, 11) is 0. The molecule has 0 unspecified atom stereocenters. The number of nitrogens with zero attached hydrogens (tertiary/aromatic N) is 1. The lowest BCUT2D eigenvalue weighted by Crippen LogP contribution is -2.27. The van der Waals surface area contributed by atoms with Crippen molar-refractivity contribution in [3.05, 3.63) is 81.2 Å². The molecule has 0 saturated heterocycles. The smallest absolute Gasteiger partial charge is 0.291 e. The predicted octanol–water partition coefficient (Wildman–Crippen LogP) is 5.38. The molecule has 2 amide bonds. The number of halogens is 2. The summed E-state index contributed by atoms with van der Waals surface area (Å²) in [5, 5.41) is 7.87. The fourth-order valence-corrected chi connectivity index (χ4v) is 4.16. The molecule has 0 radical (unpaired) electrons. The van der Waals surface area contributed by atoms with Gasteiger partial charge in [-0.3, -0.25) is 9.59 Å². The lowest BCUT2D eigenvalue weighted by molar-refractivity contribution is -0.123. The maximum Gasteiger partial charge on any atom is 0.291 e. The van der Waals surface area contributed by atoms with Gasteiger partial charge in [-0.05, 0) is 50.1 Å². The normalized spacial score (nSPS) is 14.0. The number of fused-ring (bicyclic) bond motifs is 1. The van der Waals surface area contributed by atoms with Gasteiger partial charge in [0.1, 0.15) is 11.5 Å². The molecule has 1 aliphatic rings. The molecule has 3 aromatic rings. The highest BCUT2D eigenvalue weighted by Gasteiger charge is 2.28. The Morgan fingerprint density at radius 3 is 2.55 bits per heavy atom. The second-order valence-electron chi connectivity index (χ2n) is 7.52. The van der Waals surface area contributed by atoms with E-state index in [4.69, 9.17) is 32.4 Å². The molecular weight excluding hydrogens is 465 g/mol. The number of benzene rings is 2. The number of ether oxygens (including phenoxy) is 1. The zero-order chi connectivity index (χ0) is 23.4. The third-order valence-electron chi connectivity index (χ3n) is 5.08. The van der Waals surface area contributed by atoms with Crippen LogP contribution < -0.4 is 15.5 Å². The minimum absolute atomic E-state index is 0.159. The van der Waals surface area contributed by atoms with Gasteiger partial charge in [-0.15, -0.1) is 0 Å². The van der Waals surface area contributed by atoms with Crippen LogP contribution in [0.25, 0.3) is 0 Å². The molecule has 170 valence electrons. The Hall–Kier alpha value is -3.29. The van der Waals surface area contributed by atoms with Crippen molar-refractivity contribution in [3.8, 4) is 5.75 Å². The monoisotopic (exact) mass is 485 g/mol. The highest BCUT2D eigenvalue weighted by atomic mass is 35.5. The van der Waals surface area contributed by atoms with Gasteiger partial charge in [0.25, 0.3) is 11.8 Å². The van der Waals surface area contributed by atoms with E-state index >= 15 is 0 Å². The van der Waals surface area contributed by atoms with E-state index in [1.165, 1.54) is 0 Å². The molecule has 1 aromatic heterocycles. The maximum atomic E-state index is 12.9. The quantitative estimate of drug-likeness (QED) is 0.458. The van der Waals surface area contributed by atoms with Crippen molar-refractivity contribution in [3.63, 3.8) is 0 Å². The molecule has 0 fully saturated rings. The Bertz CT molecular complexity index is 1200. The van der Waals surface area contributed by atoms with Gasteiger partial charge in [0.15, 0.2) is 12.4 Å². The first-order chi connectivity index (χ1) is 15.9. The van der Waals surface area contributed by atoms with Gasteiger partial charge < -0.3 is 14.5 Å². The molecule has 1 heterocycles. The Balaban J connectivity index is 1.47. The number of aryl methyl sites for hydroxylation is 1. The third-order valence-corrected chi connectivity index (χ3v) is 5.52. The predicted molar refractivity (Wildman–Crippen MR) is 127 cm³/mol. The molecule has 2 aromatic carbocycles. The van der Waals surface area contributed by atoms with Gasteiger partial charge in [-0.1, -0.05) is 41.4 Å². The molecule has 0 saturated carbocycles. The van der Waals surface area contributed by atoms with Gasteiger partial charge in [-0.2, -0.15) is 5.10 Å². The summed E-state index contributed by atoms with van der Waals surface area (Å²) < 4.78 is 11.3. The Morgan fingerprint density at radius 1 is 1.09 bits per heavy atom. The fraction of sp³-hybridized carbons (Fsp3) is 0.208. The summed E-state index contributed by atoms with van der Waals surface area (Å²) in [6, 6.07) is 13.8. The molecule has 1 aliphatic carbocycles. The van der Waals surface area contributed by atoms with Gasteiger partial charge in [-0.25, -0.2) is 5.43 Å². The first kappa shape index (κ1) is 22.9. The summed E-state index contributed by atoms with van der Waals surface area (Å²) in [4.78, 5) is 25.0. The molecule has 0 aliphatic heterocycles. The zero-order valence-corrected chi connectivity index (χ0v) is 19.3. The number of para-hydroxylation sites is 1. The molecule has 33 heavy (non-hydrogen) atoms. The van der Waals surface area contributed by atoms with E-state index < -0.39 is 5.91 Å². The van der Waals surface area contributed by atoms with Crippen molar-refractivity contribution < 1.29 is 18.7 Å². The van der Waals surface area contributed by atoms with Crippen molar-refractivity contribution in [2.45, 2.75) is 26.2 Å². The van der Waals surface area contributed by atoms with E-state index in [-0.39, 0.29) is 18.3 Å². The summed E-state index contributed by atoms with van der Waals surface area (Å²) in [5.74, 6) is 0.656. The largest absolute Gasteiger partial charge is 0.484 e. The van der Waals surface area contributed by atoms with Crippen LogP contribution in [0.3, 0.4) is 0 Å². The molecule has 0 atom stereocenters. The number of carbonyl (C=O) groups excluding carboxylic acids is 2. The highest BCUT2D eigenvalue weighted by molar-refractivity contribution is 6.35. The van der Waals surface area contributed by atoms with Gasteiger partial charge in [0, 0.05) is 33.3 Å². The van der Waals surface area contributed by atoms with Crippen LogP contribution in [0, 0.1) is 6.92 Å². The number of nitrogens with one attached hydrogen (secondary N) is 2. The van der Waals surface area contributed by atoms with Crippen molar-refractivity contribution in [1.29, 1.82) is 0 Å². The lowest BCUT2D eigenvalue weighted by Gasteiger charge is -2.13. The van der Waals surface area contributed by atoms with Crippen molar-refractivity contribution in [2.75, 3.05) is 11.9 Å². The molecule has 0 bridgehead atoms. The molecular formula is C24H21Cl2N3O4. The van der Waals surface area contributed by atoms with Gasteiger partial charge in [0.05, 0.1) is 5.71 Å². The highest BCUT2D eigenvalue weighted by Crippen LogP contribution is 2.31. The molecule has 2 N–H and O–H groups in total. The van der Waals surface area contributed by atoms with Crippen molar-refractivity contribution >= 4 is 46.4 Å². The van der Waals surface area contributed by atoms with Gasteiger partial charge >= 0.3 is 0 Å². The van der Waals surface area contributed by atoms with E-state index in [2.05, 4.69) is 15.8 Å². The summed E-state index contributed by atoms with van der Waals surface area (Å²) in [6.07, 6.45) is 2.12. The van der Waals surface area contributed by atoms with Crippen LogP contribution in [0.1, 0.15) is 40.3 Å².